The molecule has 21 heavy (non-hydrogen) atoms. The maximum Gasteiger partial charge on any atom is 0.170 e. The zero-order valence-corrected chi connectivity index (χ0v) is 12.2. The van der Waals surface area contributed by atoms with Gasteiger partial charge in [-0.05, 0) is 23.8 Å². The Bertz CT molecular complexity index is 662. The van der Waals surface area contributed by atoms with E-state index in [2.05, 4.69) is 5.16 Å². The van der Waals surface area contributed by atoms with E-state index < -0.39 is 0 Å². The van der Waals surface area contributed by atoms with Crippen LogP contribution in [0.5, 0.6) is 5.75 Å². The molecule has 0 saturated carbocycles. The topological polar surface area (TPSA) is 67.8 Å². The number of halogens is 1. The van der Waals surface area contributed by atoms with Gasteiger partial charge in [-0.2, -0.15) is 0 Å². The summed E-state index contributed by atoms with van der Waals surface area (Å²) in [7, 11) is 1.60. The molecule has 0 aliphatic rings. The smallest absolute Gasteiger partial charge is 0.170 e. The molecule has 2 rings (SSSR count). The monoisotopic (exact) mass is 306 g/mol. The zero-order chi connectivity index (χ0) is 15.2. The molecule has 0 fully saturated rings. The van der Waals surface area contributed by atoms with Gasteiger partial charge in [0.2, 0.25) is 0 Å². The number of hydrogen-bond acceptors (Lipinski definition) is 4. The second kappa shape index (κ2) is 6.99. The molecule has 6 heteroatoms. The highest BCUT2D eigenvalue weighted by Gasteiger charge is 2.08. The number of benzene rings is 2. The molecule has 0 heterocycles. The van der Waals surface area contributed by atoms with Crippen molar-refractivity contribution in [2.24, 2.45) is 10.9 Å². The number of hydrogen-bond donors (Lipinski definition) is 2. The molecular formula is C15H15FN2O2S. The molecule has 0 aliphatic carbocycles. The maximum atomic E-state index is 14.0. The van der Waals surface area contributed by atoms with Gasteiger partial charge in [0.25, 0.3) is 0 Å². The minimum Gasteiger partial charge on any atom is -0.496 e. The summed E-state index contributed by atoms with van der Waals surface area (Å²) in [5, 5.41) is 11.4. The van der Waals surface area contributed by atoms with Crippen LogP contribution in [0.2, 0.25) is 0 Å². The molecule has 0 saturated heterocycles. The molecule has 2 aromatic carbocycles. The number of thioether (sulfide) groups is 1. The fourth-order valence-corrected chi connectivity index (χ4v) is 2.79. The van der Waals surface area contributed by atoms with Crippen molar-refractivity contribution in [1.82, 2.24) is 0 Å². The lowest BCUT2D eigenvalue weighted by Crippen LogP contribution is -2.13. The number of amidine groups is 1. The molecule has 0 radical (unpaired) electrons. The lowest BCUT2D eigenvalue weighted by molar-refractivity contribution is 0.318. The van der Waals surface area contributed by atoms with Gasteiger partial charge in [-0.1, -0.05) is 29.4 Å². The first-order valence-corrected chi connectivity index (χ1v) is 7.16. The Balaban J connectivity index is 2.14. The third-order valence-electron chi connectivity index (χ3n) is 2.91. The summed E-state index contributed by atoms with van der Waals surface area (Å²) in [4.78, 5) is 0.944. The first-order chi connectivity index (χ1) is 10.2. The van der Waals surface area contributed by atoms with Crippen molar-refractivity contribution in [1.29, 1.82) is 0 Å². The van der Waals surface area contributed by atoms with E-state index in [1.165, 1.54) is 17.8 Å². The molecule has 0 amide bonds. The predicted molar refractivity (Wildman–Crippen MR) is 81.5 cm³/mol. The lowest BCUT2D eigenvalue weighted by atomic mass is 10.1. The van der Waals surface area contributed by atoms with Crippen molar-refractivity contribution in [2.45, 2.75) is 10.6 Å². The van der Waals surface area contributed by atoms with Crippen LogP contribution in [0.1, 0.15) is 11.1 Å². The van der Waals surface area contributed by atoms with E-state index >= 15 is 0 Å². The van der Waals surface area contributed by atoms with Gasteiger partial charge in [0.05, 0.1) is 7.11 Å². The number of para-hydroxylation sites is 1. The van der Waals surface area contributed by atoms with Crippen LogP contribution in [0.25, 0.3) is 0 Å². The summed E-state index contributed by atoms with van der Waals surface area (Å²) in [6.07, 6.45) is 0. The zero-order valence-electron chi connectivity index (χ0n) is 11.4. The molecule has 0 aromatic heterocycles. The largest absolute Gasteiger partial charge is 0.496 e. The van der Waals surface area contributed by atoms with E-state index in [0.717, 1.165) is 10.6 Å². The fraction of sp³-hybridized carbons (Fsp3) is 0.133. The van der Waals surface area contributed by atoms with Crippen LogP contribution < -0.4 is 10.5 Å². The molecule has 0 aliphatic heterocycles. The summed E-state index contributed by atoms with van der Waals surface area (Å²) in [6.45, 7) is 0. The molecular weight excluding hydrogens is 291 g/mol. The Morgan fingerprint density at radius 2 is 2.10 bits per heavy atom. The van der Waals surface area contributed by atoms with Gasteiger partial charge in [0, 0.05) is 16.2 Å². The Hall–Kier alpha value is -2.21. The van der Waals surface area contributed by atoms with Gasteiger partial charge < -0.3 is 15.7 Å². The number of methoxy groups -OCH3 is 1. The van der Waals surface area contributed by atoms with E-state index in [1.807, 2.05) is 24.3 Å². The summed E-state index contributed by atoms with van der Waals surface area (Å²) in [5.41, 5.74) is 6.32. The number of ether oxygens (including phenoxy) is 1. The third-order valence-corrected chi connectivity index (χ3v) is 4.01. The van der Waals surface area contributed by atoms with Gasteiger partial charge in [-0.15, -0.1) is 11.8 Å². The summed E-state index contributed by atoms with van der Waals surface area (Å²) >= 11 is 1.48. The summed E-state index contributed by atoms with van der Waals surface area (Å²) < 4.78 is 19.2. The highest BCUT2D eigenvalue weighted by atomic mass is 32.2. The normalized spacial score (nSPS) is 11.4. The van der Waals surface area contributed by atoms with Crippen molar-refractivity contribution in [3.63, 3.8) is 0 Å². The predicted octanol–water partition coefficient (Wildman–Crippen LogP) is 3.22. The van der Waals surface area contributed by atoms with Crippen molar-refractivity contribution in [3.05, 3.63) is 59.4 Å². The van der Waals surface area contributed by atoms with Crippen LogP contribution in [-0.2, 0) is 5.75 Å². The van der Waals surface area contributed by atoms with Crippen LogP contribution >= 0.6 is 11.8 Å². The Labute approximate surface area is 126 Å². The summed E-state index contributed by atoms with van der Waals surface area (Å²) in [6, 6.07) is 12.1. The van der Waals surface area contributed by atoms with E-state index in [4.69, 9.17) is 15.7 Å². The minimum absolute atomic E-state index is 0.113. The highest BCUT2D eigenvalue weighted by Crippen LogP contribution is 2.31. The first-order valence-electron chi connectivity index (χ1n) is 6.18. The summed E-state index contributed by atoms with van der Waals surface area (Å²) in [5.74, 6) is 0.721. The highest BCUT2D eigenvalue weighted by molar-refractivity contribution is 7.98. The number of oxime groups is 1. The second-order valence-electron chi connectivity index (χ2n) is 4.23. The average molecular weight is 306 g/mol. The standard InChI is InChI=1S/C15H15FN2O2S/c1-20-13-4-2-3-5-14(13)21-9-11-7-6-10(8-12(11)16)15(17)18-19/h2-8,19H,9H2,1H3,(H2,17,18). The Morgan fingerprint density at radius 1 is 1.33 bits per heavy atom. The van der Waals surface area contributed by atoms with Crippen LogP contribution in [0.15, 0.2) is 52.5 Å². The first kappa shape index (κ1) is 15.2. The molecule has 0 spiro atoms. The minimum atomic E-state index is -0.388. The van der Waals surface area contributed by atoms with Crippen molar-refractivity contribution in [2.75, 3.05) is 7.11 Å². The molecule has 3 N–H and O–H groups in total. The Morgan fingerprint density at radius 3 is 2.76 bits per heavy atom. The fourth-order valence-electron chi connectivity index (χ4n) is 1.77. The molecule has 110 valence electrons. The number of nitrogens with zero attached hydrogens (tertiary/aromatic N) is 1. The van der Waals surface area contributed by atoms with Crippen molar-refractivity contribution in [3.8, 4) is 5.75 Å². The van der Waals surface area contributed by atoms with Gasteiger partial charge in [-0.25, -0.2) is 4.39 Å². The average Bonchev–Trinajstić information content (AvgIpc) is 2.53. The van der Waals surface area contributed by atoms with Crippen LogP contribution in [0.3, 0.4) is 0 Å². The van der Waals surface area contributed by atoms with Gasteiger partial charge in [0.1, 0.15) is 11.6 Å². The van der Waals surface area contributed by atoms with Crippen LogP contribution in [0.4, 0.5) is 4.39 Å². The van der Waals surface area contributed by atoms with Crippen molar-refractivity contribution >= 4 is 17.6 Å². The van der Waals surface area contributed by atoms with E-state index in [9.17, 15) is 4.39 Å². The molecule has 0 bridgehead atoms. The quantitative estimate of drug-likeness (QED) is 0.293. The maximum absolute atomic E-state index is 14.0. The van der Waals surface area contributed by atoms with Gasteiger partial charge in [0.15, 0.2) is 5.84 Å². The number of rotatable bonds is 5. The van der Waals surface area contributed by atoms with Gasteiger partial charge in [-0.3, -0.25) is 0 Å². The van der Waals surface area contributed by atoms with Crippen molar-refractivity contribution < 1.29 is 14.3 Å². The van der Waals surface area contributed by atoms with Gasteiger partial charge >= 0.3 is 0 Å². The molecule has 2 aromatic rings. The molecule has 0 atom stereocenters. The number of nitrogens with two attached hydrogens (primary N) is 1. The van der Waals surface area contributed by atoms with E-state index in [0.29, 0.717) is 16.9 Å². The van der Waals surface area contributed by atoms with E-state index in [1.54, 1.807) is 19.2 Å². The van der Waals surface area contributed by atoms with Crippen LogP contribution in [0, 0.1) is 5.82 Å². The van der Waals surface area contributed by atoms with E-state index in [-0.39, 0.29) is 11.7 Å². The van der Waals surface area contributed by atoms with Crippen LogP contribution in [-0.4, -0.2) is 18.2 Å². The third kappa shape index (κ3) is 3.66. The molecule has 4 nitrogen and oxygen atoms in total. The second-order valence-corrected chi connectivity index (χ2v) is 5.25. The lowest BCUT2D eigenvalue weighted by Gasteiger charge is -2.09. The molecule has 0 unspecified atom stereocenters. The SMILES string of the molecule is COc1ccccc1SCc1ccc(/C(N)=N/O)cc1F. The Kier molecular flexibility index (Phi) is 5.05.